The second kappa shape index (κ2) is 25.3. The zero-order chi connectivity index (χ0) is 80.7. The highest BCUT2D eigenvalue weighted by Crippen LogP contribution is 2.38. The van der Waals surface area contributed by atoms with Crippen LogP contribution in [0.1, 0.15) is 80.1 Å². The summed E-state index contributed by atoms with van der Waals surface area (Å²) in [7, 11) is 0. The highest BCUT2D eigenvalue weighted by atomic mass is 15.1. The summed E-state index contributed by atoms with van der Waals surface area (Å²) in [5.74, 6) is 0. The van der Waals surface area contributed by atoms with Crippen LogP contribution in [0.3, 0.4) is 0 Å². The number of nitrogens with zero attached hydrogens (tertiary/aromatic N) is 4. The minimum atomic E-state index is -0.777. The van der Waals surface area contributed by atoms with Gasteiger partial charge in [0.15, 0.2) is 0 Å². The Bertz CT molecular complexity index is 5590. The molecular formula is C80H72N4. The molecular weight excluding hydrogens is 1020 g/mol. The molecule has 0 aliphatic heterocycles. The van der Waals surface area contributed by atoms with Gasteiger partial charge in [0.2, 0.25) is 0 Å². The van der Waals surface area contributed by atoms with Crippen LogP contribution >= 0.6 is 0 Å². The van der Waals surface area contributed by atoms with E-state index in [1.807, 2.05) is 38.1 Å². The number of para-hydroxylation sites is 4. The highest BCUT2D eigenvalue weighted by molar-refractivity contribution is 6.10. The molecule has 2 aromatic heterocycles. The zero-order valence-electron chi connectivity index (χ0n) is 73.5. The smallest absolute Gasteiger partial charge is 0.0645 e. The number of aryl methyl sites for hydroxylation is 4. The molecule has 0 unspecified atom stereocenters. The number of benzene rings is 12. The predicted octanol–water partition coefficient (Wildman–Crippen LogP) is 22.3. The maximum atomic E-state index is 8.48. The summed E-state index contributed by atoms with van der Waals surface area (Å²) in [6.45, 7) is 14.1. The van der Waals surface area contributed by atoms with Crippen molar-refractivity contribution in [2.24, 2.45) is 0 Å². The van der Waals surface area contributed by atoms with Crippen molar-refractivity contribution in [1.82, 2.24) is 9.13 Å². The predicted molar refractivity (Wildman–Crippen MR) is 362 cm³/mol. The molecule has 0 bridgehead atoms. The summed E-state index contributed by atoms with van der Waals surface area (Å²) in [4.78, 5) is 1.99. The van der Waals surface area contributed by atoms with Crippen molar-refractivity contribution in [2.45, 2.75) is 55.4 Å². The van der Waals surface area contributed by atoms with Gasteiger partial charge in [-0.25, -0.2) is 0 Å². The largest absolute Gasteiger partial charge is 0.311 e. The van der Waals surface area contributed by atoms with Crippen molar-refractivity contribution in [3.8, 4) is 11.4 Å². The Kier molecular flexibility index (Phi) is 9.79. The second-order valence-electron chi connectivity index (χ2n) is 19.9. The number of aromatic nitrogens is 2. The Morgan fingerprint density at radius 3 is 0.845 bits per heavy atom. The molecule has 0 N–H and O–H groups in total. The minimum absolute atomic E-state index is 0.00298. The highest BCUT2D eigenvalue weighted by Gasteiger charge is 2.16. The Hall–Kier alpha value is -10.2. The third-order valence-corrected chi connectivity index (χ3v) is 13.4. The fraction of sp³-hybridized carbons (Fsp3) is 0.100. The number of anilines is 6. The fourth-order valence-electron chi connectivity index (χ4n) is 9.51. The lowest BCUT2D eigenvalue weighted by Crippen LogP contribution is -2.09. The molecule has 412 valence electrons. The molecule has 0 saturated heterocycles. The molecule has 0 atom stereocenters. The fourth-order valence-corrected chi connectivity index (χ4v) is 9.51. The van der Waals surface area contributed by atoms with E-state index in [4.69, 9.17) is 35.6 Å². The van der Waals surface area contributed by atoms with Crippen molar-refractivity contribution in [1.29, 1.82) is 0 Å². The lowest BCUT2D eigenvalue weighted by Gasteiger charge is -2.25. The van der Waals surface area contributed by atoms with E-state index in [0.717, 1.165) is 32.9 Å². The first-order valence-corrected chi connectivity index (χ1v) is 27.0. The van der Waals surface area contributed by atoms with Gasteiger partial charge < -0.3 is 18.9 Å². The lowest BCUT2D eigenvalue weighted by atomic mass is 10.1. The van der Waals surface area contributed by atoms with Gasteiger partial charge in [0.05, 0.1) is 57.7 Å². The van der Waals surface area contributed by atoms with Gasteiger partial charge in [0.25, 0.3) is 0 Å². The molecule has 84 heavy (non-hydrogen) atoms. The molecule has 0 fully saturated rings. The van der Waals surface area contributed by atoms with E-state index in [1.54, 1.807) is 34.9 Å². The van der Waals surface area contributed by atoms with E-state index in [0.29, 0.717) is 10.6 Å². The molecule has 12 aromatic carbocycles. The van der Waals surface area contributed by atoms with E-state index < -0.39 is 95.6 Å². The van der Waals surface area contributed by atoms with Crippen molar-refractivity contribution in [3.63, 3.8) is 0 Å². The lowest BCUT2D eigenvalue weighted by molar-refractivity contribution is 1.18. The summed E-state index contributed by atoms with van der Waals surface area (Å²) in [5.41, 5.74) is 9.22. The van der Waals surface area contributed by atoms with Crippen molar-refractivity contribution in [3.05, 3.63) is 335 Å². The monoisotopic (exact) mass is 1110 g/mol. The second-order valence-corrected chi connectivity index (χ2v) is 19.9. The molecule has 4 heteroatoms. The third kappa shape index (κ3) is 12.5. The van der Waals surface area contributed by atoms with E-state index in [-0.39, 0.29) is 118 Å². The number of fused-ring (bicyclic) bond motifs is 6. The Labute approximate surface area is 532 Å². The molecule has 4 nitrogen and oxygen atoms in total. The van der Waals surface area contributed by atoms with Crippen molar-refractivity contribution < 1.29 is 35.6 Å². The first kappa shape index (κ1) is 32.5. The van der Waals surface area contributed by atoms with Crippen LogP contribution in [0.15, 0.2) is 291 Å². The van der Waals surface area contributed by atoms with E-state index in [1.165, 1.54) is 71.2 Å². The van der Waals surface area contributed by atoms with Gasteiger partial charge in [-0.05, 0) is 201 Å². The van der Waals surface area contributed by atoms with Crippen LogP contribution in [0.2, 0.25) is 0 Å². The Morgan fingerprint density at radius 2 is 0.512 bits per heavy atom. The average molecular weight is 1120 g/mol. The first-order chi connectivity index (χ1) is 51.8. The van der Waals surface area contributed by atoms with Crippen molar-refractivity contribution in [2.75, 3.05) is 9.80 Å². The van der Waals surface area contributed by atoms with Gasteiger partial charge in [-0.15, -0.1) is 0 Å². The van der Waals surface area contributed by atoms with Crippen LogP contribution in [-0.2, 0) is 0 Å². The molecule has 0 amide bonds. The molecule has 0 spiro atoms. The van der Waals surface area contributed by atoms with Gasteiger partial charge in [-0.2, -0.15) is 0 Å². The van der Waals surface area contributed by atoms with Gasteiger partial charge >= 0.3 is 0 Å². The standard InChI is InChI=1S/2C20H17N.2C20H19N/c2*1-14-8-10-19-17(12-14)18-13-15(2)9-11-20(18)21(19)16-6-4-3-5-7-16;2*1-16-8-12-19(13-9-16)21(18-6-4-3-5-7-18)20-14-10-17(2)11-15-20/h2*3-13H,1-2H3;2*3-15H,1-2H3/i3D,4D,5D,6D,7D;;3D,4D,5D,6D,7D,8D,9D,10D,11D,12D,13D,14D,15D;8D,9D,10D,11D,12D,13D,14D,15D. The van der Waals surface area contributed by atoms with Crippen LogP contribution in [0, 0.1) is 55.4 Å². The van der Waals surface area contributed by atoms with E-state index in [9.17, 15) is 0 Å². The summed E-state index contributed by atoms with van der Waals surface area (Å²) >= 11 is 0. The van der Waals surface area contributed by atoms with Crippen LogP contribution in [0.25, 0.3) is 55.0 Å². The van der Waals surface area contributed by atoms with Crippen LogP contribution in [0.5, 0.6) is 0 Å². The SMILES string of the molecule is Cc1ccc2c(c1)c1cc(C)ccc1n2-c1ccccc1.[2H]c1c([2H])c(N(c2ccccc2)c2c([2H])c([2H])c(C)c([2H])c2[2H])c([2H])c([2H])c1C.[2H]c1c([2H])c([2H])c(-n2c3ccc(C)cc3c3cc(C)ccc32)c([2H])c1[2H].[2H]c1c([2H])c([2H])c(N(c2c([2H])c([2H])c(C)c([2H])c2[2H])c2c([2H])c([2H])c(C)c([2H])c2[2H])c([2H])c1[2H]. The summed E-state index contributed by atoms with van der Waals surface area (Å²) in [5, 5.41) is 4.68. The maximum absolute atomic E-state index is 8.48. The summed E-state index contributed by atoms with van der Waals surface area (Å²) in [6.07, 6.45) is 0. The maximum Gasteiger partial charge on any atom is 0.0645 e. The number of rotatable bonds is 8. The topological polar surface area (TPSA) is 16.3 Å². The van der Waals surface area contributed by atoms with Gasteiger partial charge in [0.1, 0.15) is 0 Å². The minimum Gasteiger partial charge on any atom is -0.311 e. The van der Waals surface area contributed by atoms with E-state index in [2.05, 4.69) is 97.3 Å². The van der Waals surface area contributed by atoms with Crippen molar-refractivity contribution >= 4 is 77.7 Å². The molecule has 0 aliphatic carbocycles. The average Bonchev–Trinajstić information content (AvgIpc) is 1.21. The molecule has 0 aliphatic rings. The number of hydrogen-bond acceptors (Lipinski definition) is 2. The molecule has 14 rings (SSSR count). The third-order valence-electron chi connectivity index (χ3n) is 13.4. The summed E-state index contributed by atoms with van der Waals surface area (Å²) in [6, 6.07) is 32.7. The molecule has 0 radical (unpaired) electrons. The van der Waals surface area contributed by atoms with Gasteiger partial charge in [0, 0.05) is 67.0 Å². The van der Waals surface area contributed by atoms with Crippen LogP contribution < -0.4 is 9.80 Å². The Morgan fingerprint density at radius 1 is 0.238 bits per heavy atom. The Balaban J connectivity index is 0.000000147. The summed E-state index contributed by atoms with van der Waals surface area (Å²) < 4.78 is 219. The van der Waals surface area contributed by atoms with Gasteiger partial charge in [-0.1, -0.05) is 190 Å². The normalized spacial score (nSPS) is 15.2. The first-order valence-electron chi connectivity index (χ1n) is 40.0. The molecule has 14 aromatic rings. The van der Waals surface area contributed by atoms with Crippen LogP contribution in [0.4, 0.5) is 34.1 Å². The quantitative estimate of drug-likeness (QED) is 0.151. The van der Waals surface area contributed by atoms with Gasteiger partial charge in [-0.3, -0.25) is 0 Å². The number of hydrogen-bond donors (Lipinski definition) is 0. The zero-order valence-corrected chi connectivity index (χ0v) is 47.5. The van der Waals surface area contributed by atoms with E-state index >= 15 is 0 Å². The van der Waals surface area contributed by atoms with Crippen LogP contribution in [-0.4, -0.2) is 9.13 Å². The molecule has 2 heterocycles. The molecule has 0 saturated carbocycles.